The van der Waals surface area contributed by atoms with Crippen molar-refractivity contribution >= 4 is 17.7 Å². The van der Waals surface area contributed by atoms with Crippen LogP contribution in [0.4, 0.5) is 10.1 Å². The standard InChI is InChI=1S/C17H14FNO6/c1-23-14-7-3-11(9-16(14)24-2)4-8-17(20)25-15-10-12(18)5-6-13(15)19(21)22/h3-10H,1-2H3. The number of carbonyl (C=O) groups excluding carboxylic acids is 1. The second kappa shape index (κ2) is 7.91. The Balaban J connectivity index is 2.17. The topological polar surface area (TPSA) is 87.9 Å². The molecule has 0 aliphatic rings. The van der Waals surface area contributed by atoms with E-state index < -0.39 is 28.1 Å². The number of hydrogen-bond acceptors (Lipinski definition) is 6. The van der Waals surface area contributed by atoms with Crippen molar-refractivity contribution in [3.63, 3.8) is 0 Å². The molecule has 2 aromatic rings. The van der Waals surface area contributed by atoms with Crippen LogP contribution >= 0.6 is 0 Å². The van der Waals surface area contributed by atoms with Gasteiger partial charge in [0, 0.05) is 18.2 Å². The average Bonchev–Trinajstić information content (AvgIpc) is 2.59. The number of nitro groups is 1. The van der Waals surface area contributed by atoms with Crippen LogP contribution in [0.15, 0.2) is 42.5 Å². The van der Waals surface area contributed by atoms with Crippen molar-refractivity contribution in [1.82, 2.24) is 0 Å². The molecule has 0 saturated carbocycles. The van der Waals surface area contributed by atoms with Crippen molar-refractivity contribution < 1.29 is 28.3 Å². The summed E-state index contributed by atoms with van der Waals surface area (Å²) in [5, 5.41) is 10.9. The van der Waals surface area contributed by atoms with Gasteiger partial charge in [0.1, 0.15) is 5.82 Å². The third kappa shape index (κ3) is 4.54. The SMILES string of the molecule is COc1ccc(C=CC(=O)Oc2cc(F)ccc2[N+](=O)[O-])cc1OC. The van der Waals surface area contributed by atoms with Gasteiger partial charge in [-0.15, -0.1) is 0 Å². The molecule has 0 aliphatic carbocycles. The van der Waals surface area contributed by atoms with Crippen molar-refractivity contribution in [1.29, 1.82) is 0 Å². The molecule has 0 amide bonds. The van der Waals surface area contributed by atoms with Gasteiger partial charge in [-0.1, -0.05) is 6.07 Å². The van der Waals surface area contributed by atoms with E-state index in [1.54, 1.807) is 18.2 Å². The van der Waals surface area contributed by atoms with Crippen LogP contribution in [0, 0.1) is 15.9 Å². The van der Waals surface area contributed by atoms with E-state index in [0.717, 1.165) is 24.3 Å². The molecule has 7 nitrogen and oxygen atoms in total. The highest BCUT2D eigenvalue weighted by Gasteiger charge is 2.18. The van der Waals surface area contributed by atoms with Crippen LogP contribution in [0.1, 0.15) is 5.56 Å². The zero-order valence-corrected chi connectivity index (χ0v) is 13.4. The Morgan fingerprint density at radius 3 is 2.44 bits per heavy atom. The number of benzene rings is 2. The normalized spacial score (nSPS) is 10.5. The van der Waals surface area contributed by atoms with Crippen LogP contribution in [-0.4, -0.2) is 25.1 Å². The van der Waals surface area contributed by atoms with Gasteiger partial charge in [0.05, 0.1) is 19.1 Å². The van der Waals surface area contributed by atoms with Gasteiger partial charge < -0.3 is 14.2 Å². The molecule has 25 heavy (non-hydrogen) atoms. The maximum Gasteiger partial charge on any atom is 0.336 e. The van der Waals surface area contributed by atoms with Gasteiger partial charge in [-0.3, -0.25) is 10.1 Å². The summed E-state index contributed by atoms with van der Waals surface area (Å²) < 4.78 is 28.3. The van der Waals surface area contributed by atoms with E-state index in [1.165, 1.54) is 20.3 Å². The van der Waals surface area contributed by atoms with E-state index in [-0.39, 0.29) is 0 Å². The van der Waals surface area contributed by atoms with Crippen LogP contribution in [0.2, 0.25) is 0 Å². The highest BCUT2D eigenvalue weighted by molar-refractivity contribution is 5.89. The second-order valence-electron chi connectivity index (χ2n) is 4.74. The number of ether oxygens (including phenoxy) is 3. The first-order valence-electron chi connectivity index (χ1n) is 7.00. The molecule has 0 fully saturated rings. The fourth-order valence-corrected chi connectivity index (χ4v) is 1.98. The number of nitro benzene ring substituents is 1. The summed E-state index contributed by atoms with van der Waals surface area (Å²) in [5.74, 6) is -1.11. The Hall–Kier alpha value is -3.42. The molecule has 130 valence electrons. The third-order valence-corrected chi connectivity index (χ3v) is 3.15. The summed E-state index contributed by atoms with van der Waals surface area (Å²) in [5.41, 5.74) is 0.109. The summed E-state index contributed by atoms with van der Waals surface area (Å²) in [7, 11) is 2.97. The van der Waals surface area contributed by atoms with E-state index >= 15 is 0 Å². The molecule has 0 radical (unpaired) electrons. The molecule has 0 N–H and O–H groups in total. The molecule has 0 heterocycles. The summed E-state index contributed by atoms with van der Waals surface area (Å²) in [6.45, 7) is 0. The Bertz CT molecular complexity index is 834. The first-order chi connectivity index (χ1) is 11.9. The molecular formula is C17H14FNO6. The van der Waals surface area contributed by atoms with E-state index in [1.807, 2.05) is 0 Å². The largest absolute Gasteiger partial charge is 0.493 e. The number of methoxy groups -OCH3 is 2. The lowest BCUT2D eigenvalue weighted by atomic mass is 10.2. The fraction of sp³-hybridized carbons (Fsp3) is 0.118. The lowest BCUT2D eigenvalue weighted by Crippen LogP contribution is -2.06. The molecule has 2 aromatic carbocycles. The highest BCUT2D eigenvalue weighted by Crippen LogP contribution is 2.29. The van der Waals surface area contributed by atoms with Crippen LogP contribution in [0.3, 0.4) is 0 Å². The minimum Gasteiger partial charge on any atom is -0.493 e. The molecule has 8 heteroatoms. The van der Waals surface area contributed by atoms with E-state index in [4.69, 9.17) is 14.2 Å². The van der Waals surface area contributed by atoms with Crippen LogP contribution in [0.25, 0.3) is 6.08 Å². The van der Waals surface area contributed by atoms with Gasteiger partial charge in [-0.05, 0) is 29.8 Å². The van der Waals surface area contributed by atoms with Gasteiger partial charge in [-0.2, -0.15) is 0 Å². The van der Waals surface area contributed by atoms with E-state index in [9.17, 15) is 19.3 Å². The Kier molecular flexibility index (Phi) is 5.67. The number of halogens is 1. The quantitative estimate of drug-likeness (QED) is 0.262. The van der Waals surface area contributed by atoms with Crippen molar-refractivity contribution in [2.75, 3.05) is 14.2 Å². The Labute approximate surface area is 142 Å². The maximum atomic E-state index is 13.2. The van der Waals surface area contributed by atoms with Crippen molar-refractivity contribution in [2.45, 2.75) is 0 Å². The van der Waals surface area contributed by atoms with Crippen molar-refractivity contribution in [2.24, 2.45) is 0 Å². The smallest absolute Gasteiger partial charge is 0.336 e. The average molecular weight is 347 g/mol. The minimum absolute atomic E-state index is 0.466. The number of rotatable bonds is 6. The summed E-state index contributed by atoms with van der Waals surface area (Å²) >= 11 is 0. The molecule has 0 aromatic heterocycles. The van der Waals surface area contributed by atoms with E-state index in [0.29, 0.717) is 17.1 Å². The maximum absolute atomic E-state index is 13.2. The minimum atomic E-state index is -0.886. The molecule has 0 spiro atoms. The van der Waals surface area contributed by atoms with Crippen molar-refractivity contribution in [3.8, 4) is 17.2 Å². The third-order valence-electron chi connectivity index (χ3n) is 3.15. The molecule has 0 saturated heterocycles. The van der Waals surface area contributed by atoms with Crippen LogP contribution in [0.5, 0.6) is 17.2 Å². The monoisotopic (exact) mass is 347 g/mol. The lowest BCUT2D eigenvalue weighted by molar-refractivity contribution is -0.385. The molecule has 0 unspecified atom stereocenters. The summed E-state index contributed by atoms with van der Waals surface area (Å²) in [4.78, 5) is 21.9. The van der Waals surface area contributed by atoms with Gasteiger partial charge in [0.25, 0.3) is 0 Å². The zero-order chi connectivity index (χ0) is 18.4. The summed E-state index contributed by atoms with van der Waals surface area (Å²) in [6.07, 6.45) is 2.49. The van der Waals surface area contributed by atoms with E-state index in [2.05, 4.69) is 0 Å². The number of nitrogens with zero attached hydrogens (tertiary/aromatic N) is 1. The summed E-state index contributed by atoms with van der Waals surface area (Å²) in [6, 6.07) is 7.58. The number of esters is 1. The molecule has 2 rings (SSSR count). The fourth-order valence-electron chi connectivity index (χ4n) is 1.98. The number of carbonyl (C=O) groups is 1. The highest BCUT2D eigenvalue weighted by atomic mass is 19.1. The van der Waals surface area contributed by atoms with Gasteiger partial charge in [-0.25, -0.2) is 9.18 Å². The Morgan fingerprint density at radius 2 is 1.80 bits per heavy atom. The van der Waals surface area contributed by atoms with Gasteiger partial charge in [0.15, 0.2) is 11.5 Å². The molecule has 0 aliphatic heterocycles. The van der Waals surface area contributed by atoms with Gasteiger partial charge in [0.2, 0.25) is 5.75 Å². The predicted molar refractivity (Wildman–Crippen MR) is 87.3 cm³/mol. The molecule has 0 atom stereocenters. The van der Waals surface area contributed by atoms with Crippen LogP contribution < -0.4 is 14.2 Å². The predicted octanol–water partition coefficient (Wildman–Crippen LogP) is 3.37. The van der Waals surface area contributed by atoms with Crippen LogP contribution in [-0.2, 0) is 4.79 Å². The second-order valence-corrected chi connectivity index (χ2v) is 4.74. The first-order valence-corrected chi connectivity index (χ1v) is 7.00. The Morgan fingerprint density at radius 1 is 1.08 bits per heavy atom. The van der Waals surface area contributed by atoms with Crippen molar-refractivity contribution in [3.05, 3.63) is 64.0 Å². The first kappa shape index (κ1) is 17.9. The van der Waals surface area contributed by atoms with Gasteiger partial charge >= 0.3 is 11.7 Å². The number of hydrogen-bond donors (Lipinski definition) is 0. The molecule has 0 bridgehead atoms. The lowest BCUT2D eigenvalue weighted by Gasteiger charge is -2.07. The zero-order valence-electron chi connectivity index (χ0n) is 13.4. The molecular weight excluding hydrogens is 333 g/mol.